The van der Waals surface area contributed by atoms with E-state index in [0.29, 0.717) is 36.9 Å². The molecule has 3 rings (SSSR count). The fourth-order valence-electron chi connectivity index (χ4n) is 3.12. The van der Waals surface area contributed by atoms with Crippen LogP contribution in [0.3, 0.4) is 0 Å². The zero-order chi connectivity index (χ0) is 20.5. The van der Waals surface area contributed by atoms with Gasteiger partial charge >= 0.3 is 0 Å². The number of aliphatic imine (C=N–C) groups is 1. The summed E-state index contributed by atoms with van der Waals surface area (Å²) >= 11 is 0. The molecule has 3 heterocycles. The number of aromatic nitrogens is 3. The van der Waals surface area contributed by atoms with E-state index in [4.69, 9.17) is 14.3 Å². The molecule has 0 aliphatic carbocycles. The molecule has 2 aromatic rings. The summed E-state index contributed by atoms with van der Waals surface area (Å²) in [6.45, 7) is 12.1. The van der Waals surface area contributed by atoms with Gasteiger partial charge in [0.1, 0.15) is 5.69 Å². The van der Waals surface area contributed by atoms with Gasteiger partial charge in [0.25, 0.3) is 5.89 Å². The first kappa shape index (κ1) is 21.2. The second kappa shape index (κ2) is 10.3. The lowest BCUT2D eigenvalue weighted by Crippen LogP contribution is -2.52. The molecule has 1 saturated heterocycles. The second-order valence-electron chi connectivity index (χ2n) is 7.51. The highest BCUT2D eigenvalue weighted by Gasteiger charge is 2.28. The fourth-order valence-corrected chi connectivity index (χ4v) is 3.12. The lowest BCUT2D eigenvalue weighted by atomic mass is 10.0. The van der Waals surface area contributed by atoms with Gasteiger partial charge in [-0.25, -0.2) is 0 Å². The maximum absolute atomic E-state index is 5.46. The molecule has 0 spiro atoms. The Labute approximate surface area is 171 Å². The van der Waals surface area contributed by atoms with Gasteiger partial charge in [-0.05, 0) is 32.9 Å². The normalized spacial score (nSPS) is 16.0. The average Bonchev–Trinajstić information content (AvgIpc) is 3.22. The van der Waals surface area contributed by atoms with Gasteiger partial charge in [-0.15, -0.1) is 0 Å². The molecule has 1 fully saturated rings. The molecule has 0 radical (unpaired) electrons. The fraction of sp³-hybridized carbons (Fsp3) is 0.600. The monoisotopic (exact) mass is 401 g/mol. The number of hydrogen-bond donors (Lipinski definition) is 2. The van der Waals surface area contributed by atoms with Crippen molar-refractivity contribution in [3.05, 3.63) is 30.2 Å². The number of nitrogens with one attached hydrogen (secondary N) is 2. The summed E-state index contributed by atoms with van der Waals surface area (Å²) in [6.07, 6.45) is 2.34. The molecule has 2 aromatic heterocycles. The minimum atomic E-state index is -0.0165. The number of pyridine rings is 1. The molecule has 1 aliphatic rings. The minimum Gasteiger partial charge on any atom is -0.379 e. The van der Waals surface area contributed by atoms with E-state index in [1.54, 1.807) is 6.20 Å². The van der Waals surface area contributed by atoms with Crippen molar-refractivity contribution in [2.24, 2.45) is 4.99 Å². The van der Waals surface area contributed by atoms with Crippen molar-refractivity contribution in [2.75, 3.05) is 45.9 Å². The van der Waals surface area contributed by atoms with Crippen molar-refractivity contribution in [2.45, 2.75) is 32.7 Å². The quantitative estimate of drug-likeness (QED) is 0.505. The zero-order valence-electron chi connectivity index (χ0n) is 17.5. The van der Waals surface area contributed by atoms with Crippen LogP contribution in [0.25, 0.3) is 11.6 Å². The Kier molecular flexibility index (Phi) is 7.54. The second-order valence-corrected chi connectivity index (χ2v) is 7.51. The summed E-state index contributed by atoms with van der Waals surface area (Å²) in [5.74, 6) is 1.87. The van der Waals surface area contributed by atoms with E-state index in [0.717, 1.165) is 38.8 Å². The van der Waals surface area contributed by atoms with E-state index in [1.807, 2.05) is 18.2 Å². The van der Waals surface area contributed by atoms with Gasteiger partial charge in [0.05, 0.1) is 19.8 Å². The molecule has 0 saturated carbocycles. The molecule has 1 aliphatic heterocycles. The lowest BCUT2D eigenvalue weighted by molar-refractivity contribution is -0.00683. The smallest absolute Gasteiger partial charge is 0.276 e. The highest BCUT2D eigenvalue weighted by molar-refractivity contribution is 5.79. The van der Waals surface area contributed by atoms with Gasteiger partial charge in [0, 0.05) is 44.3 Å². The van der Waals surface area contributed by atoms with E-state index in [9.17, 15) is 0 Å². The van der Waals surface area contributed by atoms with Gasteiger partial charge in [0.15, 0.2) is 11.8 Å². The molecule has 0 atom stereocenters. The molecule has 9 heteroatoms. The maximum Gasteiger partial charge on any atom is 0.276 e. The molecule has 29 heavy (non-hydrogen) atoms. The average molecular weight is 402 g/mol. The van der Waals surface area contributed by atoms with Crippen LogP contribution in [0.1, 0.15) is 26.6 Å². The van der Waals surface area contributed by atoms with Gasteiger partial charge in [-0.1, -0.05) is 11.2 Å². The highest BCUT2D eigenvalue weighted by Crippen LogP contribution is 2.16. The van der Waals surface area contributed by atoms with Crippen LogP contribution >= 0.6 is 0 Å². The van der Waals surface area contributed by atoms with Gasteiger partial charge in [0.2, 0.25) is 0 Å². The van der Waals surface area contributed by atoms with Crippen molar-refractivity contribution in [3.8, 4) is 11.6 Å². The van der Waals surface area contributed by atoms with Crippen LogP contribution in [-0.4, -0.2) is 77.5 Å². The van der Waals surface area contributed by atoms with Crippen molar-refractivity contribution in [3.63, 3.8) is 0 Å². The van der Waals surface area contributed by atoms with Crippen LogP contribution in [0.5, 0.6) is 0 Å². The Morgan fingerprint density at radius 2 is 2.07 bits per heavy atom. The Balaban J connectivity index is 1.51. The van der Waals surface area contributed by atoms with Crippen LogP contribution in [0.2, 0.25) is 0 Å². The summed E-state index contributed by atoms with van der Waals surface area (Å²) in [5, 5.41) is 10.7. The molecule has 0 bridgehead atoms. The third kappa shape index (κ3) is 6.23. The molecule has 0 amide bonds. The number of ether oxygens (including phenoxy) is 1. The van der Waals surface area contributed by atoms with Crippen LogP contribution in [-0.2, 0) is 11.2 Å². The van der Waals surface area contributed by atoms with Crippen molar-refractivity contribution in [1.82, 2.24) is 30.7 Å². The Morgan fingerprint density at radius 3 is 2.79 bits per heavy atom. The topological polar surface area (TPSA) is 101 Å². The largest absolute Gasteiger partial charge is 0.379 e. The minimum absolute atomic E-state index is 0.0165. The zero-order valence-corrected chi connectivity index (χ0v) is 17.5. The van der Waals surface area contributed by atoms with E-state index in [2.05, 4.69) is 51.4 Å². The summed E-state index contributed by atoms with van der Waals surface area (Å²) in [4.78, 5) is 15.9. The molecule has 158 valence electrons. The first-order valence-corrected chi connectivity index (χ1v) is 10.2. The van der Waals surface area contributed by atoms with Crippen molar-refractivity contribution in [1.29, 1.82) is 0 Å². The molecular formula is C20H31N7O2. The third-order valence-electron chi connectivity index (χ3n) is 4.83. The van der Waals surface area contributed by atoms with Gasteiger partial charge in [-0.3, -0.25) is 14.9 Å². The molecule has 9 nitrogen and oxygen atoms in total. The summed E-state index contributed by atoms with van der Waals surface area (Å²) in [5.41, 5.74) is 0.664. The van der Waals surface area contributed by atoms with Crippen molar-refractivity contribution >= 4 is 5.96 Å². The van der Waals surface area contributed by atoms with E-state index >= 15 is 0 Å². The van der Waals surface area contributed by atoms with Gasteiger partial charge < -0.3 is 19.9 Å². The van der Waals surface area contributed by atoms with Crippen molar-refractivity contribution < 1.29 is 9.26 Å². The maximum atomic E-state index is 5.46. The first-order chi connectivity index (χ1) is 14.1. The number of rotatable bonds is 8. The van der Waals surface area contributed by atoms with Gasteiger partial charge in [-0.2, -0.15) is 4.98 Å². The van der Waals surface area contributed by atoms with E-state index in [-0.39, 0.29) is 5.54 Å². The van der Waals surface area contributed by atoms with Crippen LogP contribution < -0.4 is 10.6 Å². The van der Waals surface area contributed by atoms with Crippen LogP contribution in [0, 0.1) is 0 Å². The highest BCUT2D eigenvalue weighted by atomic mass is 16.5. The Bertz CT molecular complexity index is 770. The van der Waals surface area contributed by atoms with Crippen LogP contribution in [0.15, 0.2) is 33.9 Å². The standard InChI is InChI=1S/C20H31N7O2/c1-4-21-19(24-15-20(2,3)27-11-13-28-14-12-27)23-10-8-17-25-18(29-26-17)16-7-5-6-9-22-16/h5-7,9H,4,8,10-15H2,1-3H3,(H2,21,23,24). The Morgan fingerprint density at radius 1 is 1.24 bits per heavy atom. The molecule has 2 N–H and O–H groups in total. The first-order valence-electron chi connectivity index (χ1n) is 10.2. The third-order valence-corrected chi connectivity index (χ3v) is 4.83. The molecule has 0 aromatic carbocycles. The van der Waals surface area contributed by atoms with Crippen LogP contribution in [0.4, 0.5) is 0 Å². The molecule has 0 unspecified atom stereocenters. The number of guanidine groups is 1. The number of hydrogen-bond acceptors (Lipinski definition) is 7. The summed E-state index contributed by atoms with van der Waals surface area (Å²) < 4.78 is 10.8. The SMILES string of the molecule is CCNC(=NCC(C)(C)N1CCOCC1)NCCc1noc(-c2ccccn2)n1. The Hall–Kier alpha value is -2.52. The predicted molar refractivity (Wildman–Crippen MR) is 112 cm³/mol. The molecular weight excluding hydrogens is 370 g/mol. The van der Waals surface area contributed by atoms with E-state index < -0.39 is 0 Å². The predicted octanol–water partition coefficient (Wildman–Crippen LogP) is 1.34. The summed E-state index contributed by atoms with van der Waals surface area (Å²) in [6, 6.07) is 5.60. The number of morpholine rings is 1. The van der Waals surface area contributed by atoms with E-state index in [1.165, 1.54) is 0 Å². The number of nitrogens with zero attached hydrogens (tertiary/aromatic N) is 5. The summed E-state index contributed by atoms with van der Waals surface area (Å²) in [7, 11) is 0. The lowest BCUT2D eigenvalue weighted by Gasteiger charge is -2.39.